The van der Waals surface area contributed by atoms with Crippen LogP contribution in [0.25, 0.3) is 0 Å². The number of sulfonamides is 1. The second-order valence-electron chi connectivity index (χ2n) is 6.02. The van der Waals surface area contributed by atoms with Crippen LogP contribution in [0.2, 0.25) is 0 Å². The zero-order valence-corrected chi connectivity index (χ0v) is 11.6. The Hall–Kier alpha value is -0.0900. The predicted octanol–water partition coefficient (Wildman–Crippen LogP) is 2.67. The van der Waals surface area contributed by atoms with Gasteiger partial charge in [-0.2, -0.15) is 0 Å². The monoisotopic (exact) mass is 259 g/mol. The van der Waals surface area contributed by atoms with Crippen molar-refractivity contribution in [1.82, 2.24) is 4.72 Å². The maximum absolute atomic E-state index is 12.1. The number of rotatable bonds is 4. The average molecular weight is 259 g/mol. The highest BCUT2D eigenvalue weighted by Gasteiger charge is 2.27. The van der Waals surface area contributed by atoms with Crippen molar-refractivity contribution < 1.29 is 8.42 Å². The molecule has 0 radical (unpaired) electrons. The summed E-state index contributed by atoms with van der Waals surface area (Å²) in [6, 6.07) is 0.207. The molecule has 2 atom stereocenters. The van der Waals surface area contributed by atoms with Crippen molar-refractivity contribution in [2.75, 3.05) is 5.75 Å². The third-order valence-corrected chi connectivity index (χ3v) is 5.82. The third-order valence-electron chi connectivity index (χ3n) is 4.22. The fourth-order valence-corrected chi connectivity index (χ4v) is 5.05. The highest BCUT2D eigenvalue weighted by molar-refractivity contribution is 7.89. The van der Waals surface area contributed by atoms with Gasteiger partial charge >= 0.3 is 0 Å². The molecule has 2 aliphatic rings. The van der Waals surface area contributed by atoms with Gasteiger partial charge in [0.25, 0.3) is 0 Å². The first-order valence-corrected chi connectivity index (χ1v) is 8.70. The zero-order chi connectivity index (χ0) is 12.3. The molecule has 0 amide bonds. The lowest BCUT2D eigenvalue weighted by atomic mass is 9.91. The van der Waals surface area contributed by atoms with Gasteiger partial charge in [-0.05, 0) is 43.9 Å². The van der Waals surface area contributed by atoms with Gasteiger partial charge in [-0.1, -0.05) is 26.2 Å². The maximum Gasteiger partial charge on any atom is 0.212 e. The van der Waals surface area contributed by atoms with Crippen molar-refractivity contribution in [3.8, 4) is 0 Å². The van der Waals surface area contributed by atoms with Crippen LogP contribution in [0.5, 0.6) is 0 Å². The molecule has 0 aliphatic heterocycles. The first-order valence-electron chi connectivity index (χ1n) is 7.05. The van der Waals surface area contributed by atoms with Crippen LogP contribution in [0, 0.1) is 11.8 Å². The van der Waals surface area contributed by atoms with Crippen molar-refractivity contribution in [3.05, 3.63) is 0 Å². The van der Waals surface area contributed by atoms with E-state index in [-0.39, 0.29) is 6.04 Å². The molecular weight excluding hydrogens is 234 g/mol. The standard InChI is InChI=1S/C13H25NO2S/c1-11-7-8-13(9-11)14-17(15,16)10-12-5-3-2-4-6-12/h11-14H,2-10H2,1H3. The van der Waals surface area contributed by atoms with Gasteiger partial charge in [0.1, 0.15) is 0 Å². The molecule has 4 heteroatoms. The lowest BCUT2D eigenvalue weighted by Crippen LogP contribution is -2.37. The molecule has 0 aromatic rings. The van der Waals surface area contributed by atoms with Gasteiger partial charge < -0.3 is 0 Å². The minimum Gasteiger partial charge on any atom is -0.212 e. The first-order chi connectivity index (χ1) is 8.05. The molecule has 0 saturated heterocycles. The van der Waals surface area contributed by atoms with Crippen molar-refractivity contribution in [2.45, 2.75) is 64.3 Å². The molecule has 0 aromatic carbocycles. The van der Waals surface area contributed by atoms with Crippen LogP contribution < -0.4 is 4.72 Å². The average Bonchev–Trinajstić information content (AvgIpc) is 2.63. The van der Waals surface area contributed by atoms with Gasteiger partial charge in [-0.15, -0.1) is 0 Å². The largest absolute Gasteiger partial charge is 0.212 e. The van der Waals surface area contributed by atoms with Gasteiger partial charge in [-0.3, -0.25) is 0 Å². The Labute approximate surface area is 105 Å². The van der Waals surface area contributed by atoms with E-state index in [9.17, 15) is 8.42 Å². The second-order valence-corrected chi connectivity index (χ2v) is 7.82. The quantitative estimate of drug-likeness (QED) is 0.843. The minimum absolute atomic E-state index is 0.207. The van der Waals surface area contributed by atoms with E-state index in [0.717, 1.165) is 32.1 Å². The SMILES string of the molecule is CC1CCC(NS(=O)(=O)CC2CCCCC2)C1. The molecule has 0 bridgehead atoms. The number of hydrogen-bond donors (Lipinski definition) is 1. The summed E-state index contributed by atoms with van der Waals surface area (Å²) in [5, 5.41) is 0. The van der Waals surface area contributed by atoms with Crippen LogP contribution in [0.1, 0.15) is 58.3 Å². The Kier molecular flexibility index (Phi) is 4.47. The lowest BCUT2D eigenvalue weighted by Gasteiger charge is -2.22. The molecule has 2 fully saturated rings. The van der Waals surface area contributed by atoms with Crippen molar-refractivity contribution >= 4 is 10.0 Å². The number of nitrogens with one attached hydrogen (secondary N) is 1. The van der Waals surface area contributed by atoms with E-state index in [4.69, 9.17) is 0 Å². The van der Waals surface area contributed by atoms with Gasteiger partial charge in [0.05, 0.1) is 5.75 Å². The fourth-order valence-electron chi connectivity index (χ4n) is 3.28. The molecule has 1 N–H and O–H groups in total. The summed E-state index contributed by atoms with van der Waals surface area (Å²) < 4.78 is 27.0. The Morgan fingerprint density at radius 2 is 1.76 bits per heavy atom. The molecule has 2 aliphatic carbocycles. The van der Waals surface area contributed by atoms with E-state index in [1.54, 1.807) is 0 Å². The summed E-state index contributed by atoms with van der Waals surface area (Å²) in [7, 11) is -3.04. The van der Waals surface area contributed by atoms with Gasteiger partial charge in [0.2, 0.25) is 10.0 Å². The van der Waals surface area contributed by atoms with Crippen molar-refractivity contribution in [3.63, 3.8) is 0 Å². The summed E-state index contributed by atoms with van der Waals surface area (Å²) in [5.41, 5.74) is 0. The minimum atomic E-state index is -3.04. The number of hydrogen-bond acceptors (Lipinski definition) is 2. The van der Waals surface area contributed by atoms with Crippen LogP contribution in [-0.4, -0.2) is 20.2 Å². The smallest absolute Gasteiger partial charge is 0.212 e. The van der Waals surface area contributed by atoms with Crippen LogP contribution in [0.15, 0.2) is 0 Å². The molecule has 17 heavy (non-hydrogen) atoms. The zero-order valence-electron chi connectivity index (χ0n) is 10.8. The highest BCUT2D eigenvalue weighted by atomic mass is 32.2. The Balaban J connectivity index is 1.81. The molecule has 0 heterocycles. The summed E-state index contributed by atoms with van der Waals surface area (Å²) in [5.74, 6) is 1.44. The normalized spacial score (nSPS) is 31.8. The Morgan fingerprint density at radius 3 is 2.35 bits per heavy atom. The summed E-state index contributed by atoms with van der Waals surface area (Å²) >= 11 is 0. The predicted molar refractivity (Wildman–Crippen MR) is 70.3 cm³/mol. The van der Waals surface area contributed by atoms with Crippen LogP contribution in [0.4, 0.5) is 0 Å². The van der Waals surface area contributed by atoms with Crippen molar-refractivity contribution in [2.24, 2.45) is 11.8 Å². The second kappa shape index (κ2) is 5.70. The van der Waals surface area contributed by atoms with E-state index in [1.807, 2.05) is 0 Å². The van der Waals surface area contributed by atoms with Crippen molar-refractivity contribution in [1.29, 1.82) is 0 Å². The molecule has 2 unspecified atom stereocenters. The summed E-state index contributed by atoms with van der Waals surface area (Å²) in [6.45, 7) is 2.20. The van der Waals surface area contributed by atoms with E-state index < -0.39 is 10.0 Å². The molecule has 2 rings (SSSR count). The topological polar surface area (TPSA) is 46.2 Å². The van der Waals surface area contributed by atoms with E-state index in [0.29, 0.717) is 17.6 Å². The van der Waals surface area contributed by atoms with Gasteiger partial charge in [0.15, 0.2) is 0 Å². The lowest BCUT2D eigenvalue weighted by molar-refractivity contribution is 0.383. The Bertz CT molecular complexity index is 321. The van der Waals surface area contributed by atoms with Crippen LogP contribution in [-0.2, 0) is 10.0 Å². The molecule has 0 aromatic heterocycles. The summed E-state index contributed by atoms with van der Waals surface area (Å²) in [4.78, 5) is 0. The first kappa shape index (κ1) is 13.3. The molecule has 3 nitrogen and oxygen atoms in total. The molecule has 2 saturated carbocycles. The Morgan fingerprint density at radius 1 is 1.06 bits per heavy atom. The maximum atomic E-state index is 12.1. The molecular formula is C13H25NO2S. The van der Waals surface area contributed by atoms with E-state index in [1.165, 1.54) is 19.3 Å². The molecule has 0 spiro atoms. The van der Waals surface area contributed by atoms with E-state index in [2.05, 4.69) is 11.6 Å². The third kappa shape index (κ3) is 4.25. The van der Waals surface area contributed by atoms with Gasteiger partial charge in [0, 0.05) is 6.04 Å². The molecule has 100 valence electrons. The van der Waals surface area contributed by atoms with E-state index >= 15 is 0 Å². The van der Waals surface area contributed by atoms with Gasteiger partial charge in [-0.25, -0.2) is 13.1 Å². The summed E-state index contributed by atoms with van der Waals surface area (Å²) in [6.07, 6.45) is 9.10. The van der Waals surface area contributed by atoms with Crippen LogP contribution >= 0.6 is 0 Å². The van der Waals surface area contributed by atoms with Crippen LogP contribution in [0.3, 0.4) is 0 Å². The highest BCUT2D eigenvalue weighted by Crippen LogP contribution is 2.27. The fraction of sp³-hybridized carbons (Fsp3) is 1.00.